The molecule has 184 valence electrons. The first-order chi connectivity index (χ1) is 16.7. The molecule has 5 rings (SSSR count). The average molecular weight is 487 g/mol. The van der Waals surface area contributed by atoms with Crippen molar-refractivity contribution in [3.63, 3.8) is 0 Å². The van der Waals surface area contributed by atoms with E-state index in [1.54, 1.807) is 36.0 Å². The molecule has 12 heteroatoms. The zero-order valence-electron chi connectivity index (χ0n) is 19.3. The number of alkyl halides is 3. The summed E-state index contributed by atoms with van der Waals surface area (Å²) in [5.74, 6) is -0.124. The van der Waals surface area contributed by atoms with Gasteiger partial charge in [-0.3, -0.25) is 14.2 Å². The van der Waals surface area contributed by atoms with E-state index in [1.165, 1.54) is 17.1 Å². The molecule has 1 N–H and O–H groups in total. The van der Waals surface area contributed by atoms with Crippen molar-refractivity contribution in [1.82, 2.24) is 34.4 Å². The maximum atomic E-state index is 13.9. The lowest BCUT2D eigenvalue weighted by atomic mass is 10.0. The van der Waals surface area contributed by atoms with Gasteiger partial charge in [0.2, 0.25) is 5.91 Å². The number of rotatable bonds is 3. The molecule has 0 aromatic carbocycles. The Morgan fingerprint density at radius 1 is 1.17 bits per heavy atom. The number of halogens is 3. The number of ether oxygens (including phenoxy) is 1. The summed E-state index contributed by atoms with van der Waals surface area (Å²) in [7, 11) is 3.29. The monoisotopic (exact) mass is 487 g/mol. The van der Waals surface area contributed by atoms with E-state index in [2.05, 4.69) is 20.2 Å². The number of methoxy groups -OCH3 is 1. The van der Waals surface area contributed by atoms with Crippen molar-refractivity contribution >= 4 is 16.9 Å². The molecule has 1 aliphatic rings. The molecule has 0 fully saturated rings. The first-order valence-electron chi connectivity index (χ1n) is 11.2. The number of aromatic nitrogens is 6. The minimum Gasteiger partial charge on any atom is -0.383 e. The van der Waals surface area contributed by atoms with Gasteiger partial charge in [-0.1, -0.05) is 0 Å². The van der Waals surface area contributed by atoms with E-state index >= 15 is 0 Å². The van der Waals surface area contributed by atoms with Crippen LogP contribution in [0.25, 0.3) is 33.3 Å². The van der Waals surface area contributed by atoms with E-state index in [4.69, 9.17) is 4.74 Å². The minimum absolute atomic E-state index is 0.0305. The molecule has 0 saturated heterocycles. The number of pyridine rings is 1. The van der Waals surface area contributed by atoms with Crippen molar-refractivity contribution in [2.75, 3.05) is 20.8 Å². The van der Waals surface area contributed by atoms with Gasteiger partial charge in [0.1, 0.15) is 5.65 Å². The van der Waals surface area contributed by atoms with Crippen LogP contribution in [-0.4, -0.2) is 61.1 Å². The number of hydrogen-bond donors (Lipinski definition) is 1. The van der Waals surface area contributed by atoms with Gasteiger partial charge in [-0.15, -0.1) is 0 Å². The van der Waals surface area contributed by atoms with Crippen LogP contribution in [0.3, 0.4) is 0 Å². The second-order valence-corrected chi connectivity index (χ2v) is 8.57. The van der Waals surface area contributed by atoms with Crippen LogP contribution in [-0.2, 0) is 35.3 Å². The summed E-state index contributed by atoms with van der Waals surface area (Å²) in [6.45, 7) is 1.44. The second-order valence-electron chi connectivity index (χ2n) is 8.57. The van der Waals surface area contributed by atoms with Crippen molar-refractivity contribution in [3.05, 3.63) is 42.2 Å². The van der Waals surface area contributed by atoms with Gasteiger partial charge in [-0.05, 0) is 12.5 Å². The molecule has 35 heavy (non-hydrogen) atoms. The molecule has 9 nitrogen and oxygen atoms in total. The molecule has 0 saturated carbocycles. The first kappa shape index (κ1) is 23.1. The molecule has 4 aromatic rings. The standard InChI is InChI=1S/C23H24F3N7O2/c1-31-13-19-17(11-33(29-19)6-7-35-2)14-8-15-16(10-28-22(15)27-9-14)18-12-32(5-3-4-20(31)34)30-21(18)23(24,25)26/h8-12H,3-7,13H2,1-2H3,(H,27,28). The summed E-state index contributed by atoms with van der Waals surface area (Å²) in [5, 5.41) is 9.01. The zero-order chi connectivity index (χ0) is 24.7. The van der Waals surface area contributed by atoms with Crippen LogP contribution in [0.15, 0.2) is 30.9 Å². The normalized spacial score (nSPS) is 14.9. The zero-order valence-corrected chi connectivity index (χ0v) is 19.3. The Bertz CT molecular complexity index is 1390. The molecule has 4 aromatic heterocycles. The molecule has 1 aliphatic heterocycles. The fraction of sp³-hybridized carbons (Fsp3) is 0.391. The van der Waals surface area contributed by atoms with Gasteiger partial charge in [-0.25, -0.2) is 4.98 Å². The number of amides is 1. The second kappa shape index (κ2) is 8.84. The summed E-state index contributed by atoms with van der Waals surface area (Å²) < 4.78 is 49.8. The van der Waals surface area contributed by atoms with Crippen molar-refractivity contribution < 1.29 is 22.7 Å². The van der Waals surface area contributed by atoms with Gasteiger partial charge >= 0.3 is 6.18 Å². The predicted octanol–water partition coefficient (Wildman–Crippen LogP) is 3.71. The quantitative estimate of drug-likeness (QED) is 0.476. The van der Waals surface area contributed by atoms with Gasteiger partial charge in [0.05, 0.1) is 25.4 Å². The van der Waals surface area contributed by atoms with Crippen molar-refractivity contribution in [3.8, 4) is 22.3 Å². The smallest absolute Gasteiger partial charge is 0.383 e. The maximum absolute atomic E-state index is 13.9. The highest BCUT2D eigenvalue weighted by Gasteiger charge is 2.38. The van der Waals surface area contributed by atoms with Crippen molar-refractivity contribution in [2.45, 2.75) is 38.7 Å². The fourth-order valence-corrected chi connectivity index (χ4v) is 4.33. The van der Waals surface area contributed by atoms with E-state index < -0.39 is 11.9 Å². The summed E-state index contributed by atoms with van der Waals surface area (Å²) in [4.78, 5) is 21.8. The lowest BCUT2D eigenvalue weighted by Gasteiger charge is -2.17. The van der Waals surface area contributed by atoms with Crippen LogP contribution < -0.4 is 0 Å². The maximum Gasteiger partial charge on any atom is 0.435 e. The van der Waals surface area contributed by atoms with E-state index in [9.17, 15) is 18.0 Å². The molecule has 0 spiro atoms. The number of H-pyrrole nitrogens is 1. The van der Waals surface area contributed by atoms with Crippen LogP contribution in [0.1, 0.15) is 24.2 Å². The highest BCUT2D eigenvalue weighted by atomic mass is 19.4. The lowest BCUT2D eigenvalue weighted by Crippen LogP contribution is -2.26. The first-order valence-corrected chi connectivity index (χ1v) is 11.2. The van der Waals surface area contributed by atoms with Crippen LogP contribution in [0.2, 0.25) is 0 Å². The number of carbonyl (C=O) groups is 1. The molecule has 5 heterocycles. The van der Waals surface area contributed by atoms with E-state index in [1.807, 2.05) is 6.20 Å². The number of aryl methyl sites for hydroxylation is 1. The number of carbonyl (C=O) groups excluding carboxylic acids is 1. The predicted molar refractivity (Wildman–Crippen MR) is 121 cm³/mol. The Morgan fingerprint density at radius 3 is 2.77 bits per heavy atom. The molecule has 0 aliphatic carbocycles. The summed E-state index contributed by atoms with van der Waals surface area (Å²) in [6.07, 6.45) is 2.31. The van der Waals surface area contributed by atoms with E-state index in [0.29, 0.717) is 47.4 Å². The van der Waals surface area contributed by atoms with Crippen LogP contribution >= 0.6 is 0 Å². The van der Waals surface area contributed by atoms with Gasteiger partial charge < -0.3 is 14.6 Å². The largest absolute Gasteiger partial charge is 0.435 e. The molecule has 4 bridgehead atoms. The summed E-state index contributed by atoms with van der Waals surface area (Å²) in [6, 6.07) is 1.80. The third kappa shape index (κ3) is 4.41. The lowest BCUT2D eigenvalue weighted by molar-refractivity contribution is -0.141. The molecule has 1 amide bonds. The van der Waals surface area contributed by atoms with Crippen molar-refractivity contribution in [1.29, 1.82) is 0 Å². The number of nitrogens with zero attached hydrogens (tertiary/aromatic N) is 6. The number of hydrogen-bond acceptors (Lipinski definition) is 5. The molecule has 0 unspecified atom stereocenters. The Hall–Kier alpha value is -3.67. The minimum atomic E-state index is -4.63. The van der Waals surface area contributed by atoms with Gasteiger partial charge in [0.25, 0.3) is 0 Å². The number of aromatic amines is 1. The third-order valence-corrected chi connectivity index (χ3v) is 6.12. The van der Waals surface area contributed by atoms with E-state index in [0.717, 1.165) is 5.56 Å². The van der Waals surface area contributed by atoms with Gasteiger partial charge in [0.15, 0.2) is 5.69 Å². The highest BCUT2D eigenvalue weighted by Crippen LogP contribution is 2.39. The Kier molecular flexibility index (Phi) is 5.83. The highest BCUT2D eigenvalue weighted by molar-refractivity contribution is 5.96. The average Bonchev–Trinajstić information content (AvgIpc) is 3.52. The SMILES string of the molecule is COCCn1cc2c(n1)CN(C)C(=O)CCCn1cc(c(C(F)(F)F)n1)-c1c[nH]c3ncc-2cc13. The number of fused-ring (bicyclic) bond motifs is 6. The van der Waals surface area contributed by atoms with E-state index in [-0.39, 0.29) is 31.0 Å². The Balaban J connectivity index is 1.71. The van der Waals surface area contributed by atoms with Crippen LogP contribution in [0.4, 0.5) is 13.2 Å². The Morgan fingerprint density at radius 2 is 2.00 bits per heavy atom. The topological polar surface area (TPSA) is 93.9 Å². The molecular weight excluding hydrogens is 463 g/mol. The van der Waals surface area contributed by atoms with Gasteiger partial charge in [0, 0.05) is 79.6 Å². The third-order valence-electron chi connectivity index (χ3n) is 6.12. The summed E-state index contributed by atoms with van der Waals surface area (Å²) >= 11 is 0. The Labute approximate surface area is 198 Å². The molecule has 0 atom stereocenters. The summed E-state index contributed by atoms with van der Waals surface area (Å²) in [5.41, 5.74) is 1.95. The van der Waals surface area contributed by atoms with Gasteiger partial charge in [-0.2, -0.15) is 23.4 Å². The fourth-order valence-electron chi connectivity index (χ4n) is 4.33. The van der Waals surface area contributed by atoms with Crippen LogP contribution in [0.5, 0.6) is 0 Å². The molecular formula is C23H24F3N7O2. The number of nitrogens with one attached hydrogen (secondary N) is 1. The molecule has 0 radical (unpaired) electrons. The van der Waals surface area contributed by atoms with Crippen molar-refractivity contribution in [2.24, 2.45) is 0 Å². The van der Waals surface area contributed by atoms with Crippen LogP contribution in [0, 0.1) is 0 Å².